The summed E-state index contributed by atoms with van der Waals surface area (Å²) >= 11 is 0. The molecule has 2 N–H and O–H groups in total. The van der Waals surface area contributed by atoms with Gasteiger partial charge in [0.1, 0.15) is 5.69 Å². The maximum Gasteiger partial charge on any atom is 0.416 e. The van der Waals surface area contributed by atoms with E-state index in [2.05, 4.69) is 4.90 Å². The van der Waals surface area contributed by atoms with Crippen molar-refractivity contribution in [2.24, 2.45) is 0 Å². The smallest absolute Gasteiger partial charge is 0.367 e. The van der Waals surface area contributed by atoms with E-state index in [0.29, 0.717) is 18.8 Å². The van der Waals surface area contributed by atoms with Crippen LogP contribution in [0, 0.1) is 0 Å². The van der Waals surface area contributed by atoms with E-state index in [1.807, 2.05) is 11.9 Å². The molecule has 1 aromatic carbocycles. The minimum absolute atomic E-state index is 0.261. The second kappa shape index (κ2) is 5.47. The summed E-state index contributed by atoms with van der Waals surface area (Å²) in [6, 6.07) is 2.94. The predicted octanol–water partition coefficient (Wildman–Crippen LogP) is 2.04. The Morgan fingerprint density at radius 3 is 2.20 bits per heavy atom. The van der Waals surface area contributed by atoms with Crippen molar-refractivity contribution >= 4 is 11.4 Å². The molecule has 8 heteroatoms. The van der Waals surface area contributed by atoms with Crippen molar-refractivity contribution in [2.75, 3.05) is 43.4 Å². The summed E-state index contributed by atoms with van der Waals surface area (Å²) in [7, 11) is 1.95. The quantitative estimate of drug-likeness (QED) is 0.817. The number of benzene rings is 1. The highest BCUT2D eigenvalue weighted by Gasteiger charge is 2.32. The Hall–Kier alpha value is -1.51. The number of halogens is 3. The number of nitrogens with zero attached hydrogens (tertiary/aromatic N) is 3. The summed E-state index contributed by atoms with van der Waals surface area (Å²) in [5, 5.41) is 18.1. The summed E-state index contributed by atoms with van der Waals surface area (Å²) in [6.45, 7) is 2.75. The van der Waals surface area contributed by atoms with Crippen LogP contribution in [0.25, 0.3) is 0 Å². The van der Waals surface area contributed by atoms with E-state index < -0.39 is 11.7 Å². The van der Waals surface area contributed by atoms with Crippen molar-refractivity contribution in [3.05, 3.63) is 23.8 Å². The van der Waals surface area contributed by atoms with Crippen molar-refractivity contribution < 1.29 is 23.6 Å². The van der Waals surface area contributed by atoms with Gasteiger partial charge in [-0.15, -0.1) is 5.23 Å². The molecule has 0 aliphatic carbocycles. The fraction of sp³-hybridized carbons (Fsp3) is 0.500. The van der Waals surface area contributed by atoms with Crippen LogP contribution in [0.3, 0.4) is 0 Å². The van der Waals surface area contributed by atoms with Gasteiger partial charge in [-0.05, 0) is 25.2 Å². The van der Waals surface area contributed by atoms with Gasteiger partial charge < -0.3 is 9.80 Å². The summed E-state index contributed by atoms with van der Waals surface area (Å²) in [6.07, 6.45) is -4.52. The molecule has 1 saturated heterocycles. The molecule has 2 rings (SSSR count). The molecule has 0 aromatic heterocycles. The molecule has 1 aliphatic heterocycles. The highest BCUT2D eigenvalue weighted by molar-refractivity contribution is 5.70. The Labute approximate surface area is 114 Å². The zero-order valence-corrected chi connectivity index (χ0v) is 10.9. The normalized spacial score (nSPS) is 17.4. The Balaban J connectivity index is 2.33. The monoisotopic (exact) mass is 291 g/mol. The molecule has 5 nitrogen and oxygen atoms in total. The van der Waals surface area contributed by atoms with Crippen molar-refractivity contribution in [3.63, 3.8) is 0 Å². The third-order valence-electron chi connectivity index (χ3n) is 3.36. The van der Waals surface area contributed by atoms with Gasteiger partial charge in [0, 0.05) is 26.2 Å². The number of hydrogen-bond acceptors (Lipinski definition) is 5. The van der Waals surface area contributed by atoms with Gasteiger partial charge in [0.25, 0.3) is 0 Å². The molecule has 0 bridgehead atoms. The lowest BCUT2D eigenvalue weighted by atomic mass is 10.1. The second-order valence-corrected chi connectivity index (χ2v) is 4.78. The average Bonchev–Trinajstić information content (AvgIpc) is 2.38. The fourth-order valence-electron chi connectivity index (χ4n) is 2.17. The van der Waals surface area contributed by atoms with Crippen LogP contribution in [0.2, 0.25) is 0 Å². The van der Waals surface area contributed by atoms with Crippen molar-refractivity contribution in [3.8, 4) is 0 Å². The van der Waals surface area contributed by atoms with Crippen LogP contribution < -0.4 is 10.1 Å². The van der Waals surface area contributed by atoms with E-state index >= 15 is 0 Å². The largest absolute Gasteiger partial charge is 0.416 e. The topological polar surface area (TPSA) is 50.2 Å². The van der Waals surface area contributed by atoms with Crippen LogP contribution in [-0.4, -0.2) is 48.5 Å². The molecule has 0 amide bonds. The van der Waals surface area contributed by atoms with Gasteiger partial charge in [-0.3, -0.25) is 10.4 Å². The molecule has 0 saturated carbocycles. The van der Waals surface area contributed by atoms with Crippen LogP contribution in [0.15, 0.2) is 18.2 Å². The number of anilines is 2. The van der Waals surface area contributed by atoms with E-state index in [-0.39, 0.29) is 10.9 Å². The number of alkyl halides is 3. The van der Waals surface area contributed by atoms with Crippen molar-refractivity contribution in [2.45, 2.75) is 6.18 Å². The van der Waals surface area contributed by atoms with Crippen LogP contribution in [-0.2, 0) is 6.18 Å². The highest BCUT2D eigenvalue weighted by atomic mass is 19.4. The van der Waals surface area contributed by atoms with Gasteiger partial charge in [-0.25, -0.2) is 0 Å². The molecule has 1 aliphatic rings. The number of hydrogen-bond donors (Lipinski definition) is 2. The van der Waals surface area contributed by atoms with E-state index in [0.717, 1.165) is 25.2 Å². The second-order valence-electron chi connectivity index (χ2n) is 4.78. The molecular weight excluding hydrogens is 275 g/mol. The minimum atomic E-state index is -4.52. The first-order valence-electron chi connectivity index (χ1n) is 6.11. The lowest BCUT2D eigenvalue weighted by molar-refractivity contribution is -0.137. The third-order valence-corrected chi connectivity index (χ3v) is 3.36. The average molecular weight is 291 g/mol. The minimum Gasteiger partial charge on any atom is -0.367 e. The first-order valence-corrected chi connectivity index (χ1v) is 6.11. The molecular formula is C12H16F3N3O2. The van der Waals surface area contributed by atoms with Gasteiger partial charge in [0.15, 0.2) is 0 Å². The summed E-state index contributed by atoms with van der Waals surface area (Å²) < 4.78 is 38.0. The van der Waals surface area contributed by atoms with E-state index in [4.69, 9.17) is 10.4 Å². The zero-order chi connectivity index (χ0) is 14.9. The Kier molecular flexibility index (Phi) is 4.07. The van der Waals surface area contributed by atoms with Gasteiger partial charge in [-0.1, -0.05) is 0 Å². The van der Waals surface area contributed by atoms with E-state index in [9.17, 15) is 13.2 Å². The predicted molar refractivity (Wildman–Crippen MR) is 67.2 cm³/mol. The SMILES string of the molecule is CN1CCN(c2ccc(C(F)(F)F)cc2N(O)O)CC1. The van der Waals surface area contributed by atoms with E-state index in [1.165, 1.54) is 6.07 Å². The van der Waals surface area contributed by atoms with Gasteiger partial charge in [0.2, 0.25) is 0 Å². The standard InChI is InChI=1S/C12H16F3N3O2/c1-16-4-6-17(7-5-16)10-3-2-9(12(13,14)15)8-11(10)18(19)20/h2-3,8,19-20H,4-7H2,1H3. The summed E-state index contributed by atoms with van der Waals surface area (Å²) in [5.74, 6) is 0. The molecule has 0 spiro atoms. The van der Waals surface area contributed by atoms with Crippen molar-refractivity contribution in [1.82, 2.24) is 4.90 Å². The number of rotatable bonds is 2. The molecule has 0 radical (unpaired) electrons. The molecule has 20 heavy (non-hydrogen) atoms. The third kappa shape index (κ3) is 3.14. The first kappa shape index (κ1) is 14.9. The van der Waals surface area contributed by atoms with Gasteiger partial charge in [-0.2, -0.15) is 13.2 Å². The van der Waals surface area contributed by atoms with Gasteiger partial charge >= 0.3 is 6.18 Å². The van der Waals surface area contributed by atoms with Crippen molar-refractivity contribution in [1.29, 1.82) is 0 Å². The van der Waals surface area contributed by atoms with Crippen LogP contribution >= 0.6 is 0 Å². The Bertz CT molecular complexity index is 472. The fourth-order valence-corrected chi connectivity index (χ4v) is 2.17. The highest BCUT2D eigenvalue weighted by Crippen LogP contribution is 2.36. The maximum absolute atomic E-state index is 12.7. The summed E-state index contributed by atoms with van der Waals surface area (Å²) in [5.41, 5.74) is -0.820. The van der Waals surface area contributed by atoms with Crippen LogP contribution in [0.1, 0.15) is 5.56 Å². The number of piperazine rings is 1. The van der Waals surface area contributed by atoms with Gasteiger partial charge in [0.05, 0.1) is 11.3 Å². The van der Waals surface area contributed by atoms with Crippen LogP contribution in [0.5, 0.6) is 0 Å². The Morgan fingerprint density at radius 2 is 1.70 bits per heavy atom. The molecule has 1 aromatic rings. The molecule has 0 unspecified atom stereocenters. The molecule has 1 heterocycles. The first-order chi connectivity index (χ1) is 9.29. The molecule has 1 fully saturated rings. The zero-order valence-electron chi connectivity index (χ0n) is 10.9. The molecule has 112 valence electrons. The Morgan fingerprint density at radius 1 is 1.10 bits per heavy atom. The maximum atomic E-state index is 12.7. The summed E-state index contributed by atoms with van der Waals surface area (Å²) in [4.78, 5) is 3.92. The number of likely N-dealkylation sites (N-methyl/N-ethyl adjacent to an activating group) is 1. The lowest BCUT2D eigenvalue weighted by Gasteiger charge is -2.35. The van der Waals surface area contributed by atoms with E-state index in [1.54, 1.807) is 0 Å². The molecule has 0 atom stereocenters. The van der Waals surface area contributed by atoms with Crippen LogP contribution in [0.4, 0.5) is 24.5 Å². The lowest BCUT2D eigenvalue weighted by Crippen LogP contribution is -2.45.